The molecule has 0 bridgehead atoms. The summed E-state index contributed by atoms with van der Waals surface area (Å²) in [5, 5.41) is 13.5. The monoisotopic (exact) mass is 478 g/mol. The van der Waals surface area contributed by atoms with Crippen LogP contribution in [-0.4, -0.2) is 39.2 Å². The molecular weight excluding hydrogens is 452 g/mol. The summed E-state index contributed by atoms with van der Waals surface area (Å²) in [6.45, 7) is 3.04. The molecule has 1 unspecified atom stereocenters. The summed E-state index contributed by atoms with van der Waals surface area (Å²) in [6, 6.07) is 21.5. The highest BCUT2D eigenvalue weighted by Crippen LogP contribution is 2.30. The number of amides is 1. The number of aromatic nitrogens is 2. The van der Waals surface area contributed by atoms with E-state index in [9.17, 15) is 9.90 Å². The van der Waals surface area contributed by atoms with Crippen LogP contribution in [-0.2, 0) is 0 Å². The van der Waals surface area contributed by atoms with Gasteiger partial charge in [0.2, 0.25) is 0 Å². The summed E-state index contributed by atoms with van der Waals surface area (Å²) in [7, 11) is 0. The molecule has 1 fully saturated rings. The van der Waals surface area contributed by atoms with Gasteiger partial charge in [-0.3, -0.25) is 0 Å². The molecule has 0 spiro atoms. The first-order valence-electron chi connectivity index (χ1n) is 11.9. The second kappa shape index (κ2) is 10.4. The van der Waals surface area contributed by atoms with E-state index >= 15 is 0 Å². The highest BCUT2D eigenvalue weighted by Gasteiger charge is 2.21. The summed E-state index contributed by atoms with van der Waals surface area (Å²) in [5.74, 6) is 8.80. The van der Waals surface area contributed by atoms with Gasteiger partial charge in [0.05, 0.1) is 5.52 Å². The highest BCUT2D eigenvalue weighted by atomic mass is 16.5. The van der Waals surface area contributed by atoms with Crippen LogP contribution in [0.15, 0.2) is 73.1 Å². The molecule has 180 valence electrons. The lowest BCUT2D eigenvalue weighted by Gasteiger charge is -2.27. The van der Waals surface area contributed by atoms with Crippen molar-refractivity contribution in [1.29, 1.82) is 0 Å². The van der Waals surface area contributed by atoms with Gasteiger partial charge in [0, 0.05) is 35.6 Å². The molecule has 3 aromatic carbocycles. The number of anilines is 2. The predicted molar refractivity (Wildman–Crippen MR) is 140 cm³/mol. The minimum absolute atomic E-state index is 0.0368. The molecule has 2 N–H and O–H groups in total. The lowest BCUT2D eigenvalue weighted by molar-refractivity contribution is 0.128. The fourth-order valence-electron chi connectivity index (χ4n) is 4.28. The van der Waals surface area contributed by atoms with E-state index in [4.69, 9.17) is 4.74 Å². The van der Waals surface area contributed by atoms with Crippen molar-refractivity contribution < 1.29 is 14.6 Å². The topological polar surface area (TPSA) is 87.6 Å². The number of hydrogen-bond acceptors (Lipinski definition) is 5. The molecule has 0 saturated carbocycles. The van der Waals surface area contributed by atoms with Gasteiger partial charge in [-0.15, -0.1) is 0 Å². The third-order valence-electron chi connectivity index (χ3n) is 6.16. The Labute approximate surface area is 209 Å². The molecule has 0 radical (unpaired) electrons. The zero-order chi connectivity index (χ0) is 24.9. The first-order chi connectivity index (χ1) is 17.5. The van der Waals surface area contributed by atoms with Crippen LogP contribution in [0.3, 0.4) is 0 Å². The van der Waals surface area contributed by atoms with Gasteiger partial charge in [-0.1, -0.05) is 30.0 Å². The van der Waals surface area contributed by atoms with Gasteiger partial charge in [-0.2, -0.15) is 0 Å². The molecule has 36 heavy (non-hydrogen) atoms. The smallest absolute Gasteiger partial charge is 0.407 e. The normalized spacial score (nSPS) is 15.1. The number of hydrogen-bond donors (Lipinski definition) is 2. The number of para-hydroxylation sites is 1. The molecule has 1 aliphatic heterocycles. The number of benzene rings is 3. The first-order valence-corrected chi connectivity index (χ1v) is 11.9. The number of rotatable bonds is 4. The van der Waals surface area contributed by atoms with Crippen molar-refractivity contribution in [3.63, 3.8) is 0 Å². The number of fused-ring (bicyclic) bond motifs is 1. The standard InChI is InChI=1S/C29H26N4O3/c1-20-16-23(12-14-27(20)36-24-7-3-2-4-8-24)32-28-25-17-21(11-13-26(25)30-19-31-28)9-10-22-6-5-15-33(18-22)29(34)35/h2-4,7-8,11-14,16-17,19,22H,5-6,15,18H2,1H3,(H,34,35)(H,30,31,32). The van der Waals surface area contributed by atoms with Gasteiger partial charge in [0.1, 0.15) is 23.6 Å². The molecular formula is C29H26N4O3. The van der Waals surface area contributed by atoms with Crippen LogP contribution in [0.4, 0.5) is 16.3 Å². The number of nitrogens with zero attached hydrogens (tertiary/aromatic N) is 3. The van der Waals surface area contributed by atoms with Crippen molar-refractivity contribution in [3.05, 3.63) is 84.2 Å². The van der Waals surface area contributed by atoms with E-state index in [1.54, 1.807) is 0 Å². The number of carbonyl (C=O) groups is 1. The van der Waals surface area contributed by atoms with Crippen molar-refractivity contribution in [2.45, 2.75) is 19.8 Å². The van der Waals surface area contributed by atoms with E-state index in [0.717, 1.165) is 52.1 Å². The third kappa shape index (κ3) is 5.39. The maximum absolute atomic E-state index is 11.3. The Morgan fingerprint density at radius 1 is 1.11 bits per heavy atom. The fourth-order valence-corrected chi connectivity index (χ4v) is 4.28. The van der Waals surface area contributed by atoms with E-state index in [1.165, 1.54) is 11.2 Å². The van der Waals surface area contributed by atoms with Gasteiger partial charge in [-0.25, -0.2) is 14.8 Å². The Bertz CT molecular complexity index is 1460. The molecule has 2 heterocycles. The van der Waals surface area contributed by atoms with Crippen molar-refractivity contribution in [3.8, 4) is 23.3 Å². The third-order valence-corrected chi connectivity index (χ3v) is 6.16. The molecule has 1 atom stereocenters. The van der Waals surface area contributed by atoms with Crippen molar-refractivity contribution in [1.82, 2.24) is 14.9 Å². The lowest BCUT2D eigenvalue weighted by Crippen LogP contribution is -2.38. The summed E-state index contributed by atoms with van der Waals surface area (Å²) < 4.78 is 5.99. The van der Waals surface area contributed by atoms with Crippen molar-refractivity contribution in [2.75, 3.05) is 18.4 Å². The number of nitrogens with one attached hydrogen (secondary N) is 1. The molecule has 0 aliphatic carbocycles. The highest BCUT2D eigenvalue weighted by molar-refractivity contribution is 5.91. The van der Waals surface area contributed by atoms with Crippen LogP contribution in [0.5, 0.6) is 11.5 Å². The van der Waals surface area contributed by atoms with Crippen LogP contribution in [0, 0.1) is 24.7 Å². The predicted octanol–water partition coefficient (Wildman–Crippen LogP) is 6.22. The first kappa shape index (κ1) is 23.2. The maximum atomic E-state index is 11.3. The molecule has 7 nitrogen and oxygen atoms in total. The Kier molecular flexibility index (Phi) is 6.67. The number of piperidine rings is 1. The zero-order valence-electron chi connectivity index (χ0n) is 19.9. The Morgan fingerprint density at radius 2 is 1.97 bits per heavy atom. The molecule has 1 amide bonds. The van der Waals surface area contributed by atoms with Gasteiger partial charge in [0.25, 0.3) is 0 Å². The molecule has 7 heteroatoms. The van der Waals surface area contributed by atoms with E-state index in [-0.39, 0.29) is 5.92 Å². The minimum atomic E-state index is -0.880. The van der Waals surface area contributed by atoms with Crippen LogP contribution >= 0.6 is 0 Å². The molecule has 5 rings (SSSR count). The molecule has 1 aliphatic rings. The molecule has 1 aromatic heterocycles. The number of likely N-dealkylation sites (tertiary alicyclic amines) is 1. The Balaban J connectivity index is 1.36. The van der Waals surface area contributed by atoms with Gasteiger partial charge in [0.15, 0.2) is 0 Å². The van der Waals surface area contributed by atoms with Gasteiger partial charge >= 0.3 is 6.09 Å². The van der Waals surface area contributed by atoms with Crippen molar-refractivity contribution in [2.24, 2.45) is 5.92 Å². The second-order valence-electron chi connectivity index (χ2n) is 8.81. The maximum Gasteiger partial charge on any atom is 0.407 e. The number of ether oxygens (including phenoxy) is 1. The quantitative estimate of drug-likeness (QED) is 0.339. The fraction of sp³-hybridized carbons (Fsp3) is 0.207. The SMILES string of the molecule is Cc1cc(Nc2ncnc3ccc(C#CC4CCCN(C(=O)O)C4)cc23)ccc1Oc1ccccc1. The lowest BCUT2D eigenvalue weighted by atomic mass is 9.98. The summed E-state index contributed by atoms with van der Waals surface area (Å²) >= 11 is 0. The average Bonchev–Trinajstić information content (AvgIpc) is 2.90. The van der Waals surface area contributed by atoms with Crippen LogP contribution in [0.2, 0.25) is 0 Å². The average molecular weight is 479 g/mol. The molecule has 1 saturated heterocycles. The van der Waals surface area contributed by atoms with Crippen LogP contribution in [0.1, 0.15) is 24.0 Å². The van der Waals surface area contributed by atoms with E-state index in [2.05, 4.69) is 27.1 Å². The Hall–Kier alpha value is -4.57. The van der Waals surface area contributed by atoms with Gasteiger partial charge in [-0.05, 0) is 73.9 Å². The van der Waals surface area contributed by atoms with E-state index < -0.39 is 6.09 Å². The van der Waals surface area contributed by atoms with Crippen molar-refractivity contribution >= 4 is 28.5 Å². The summed E-state index contributed by atoms with van der Waals surface area (Å²) in [6.07, 6.45) is 2.40. The zero-order valence-corrected chi connectivity index (χ0v) is 19.9. The van der Waals surface area contributed by atoms with Gasteiger partial charge < -0.3 is 20.1 Å². The summed E-state index contributed by atoms with van der Waals surface area (Å²) in [4.78, 5) is 21.6. The second-order valence-corrected chi connectivity index (χ2v) is 8.81. The van der Waals surface area contributed by atoms with Crippen LogP contribution in [0.25, 0.3) is 10.9 Å². The van der Waals surface area contributed by atoms with Crippen LogP contribution < -0.4 is 10.1 Å². The minimum Gasteiger partial charge on any atom is -0.465 e. The largest absolute Gasteiger partial charge is 0.465 e. The molecule has 4 aromatic rings. The number of aryl methyl sites for hydroxylation is 1. The van der Waals surface area contributed by atoms with E-state index in [0.29, 0.717) is 18.9 Å². The van der Waals surface area contributed by atoms with E-state index in [1.807, 2.05) is 73.7 Å². The number of carboxylic acid groups (broad SMARTS) is 1. The summed E-state index contributed by atoms with van der Waals surface area (Å²) in [5.41, 5.74) is 3.54. The Morgan fingerprint density at radius 3 is 2.78 bits per heavy atom.